The van der Waals surface area contributed by atoms with Crippen LogP contribution in [0.15, 0.2) is 6.33 Å². The number of rotatable bonds is 1. The second-order valence-corrected chi connectivity index (χ2v) is 6.93. The summed E-state index contributed by atoms with van der Waals surface area (Å²) in [7, 11) is -4.20. The summed E-state index contributed by atoms with van der Waals surface area (Å²) in [6.45, 7) is -0.184. The maximum Gasteiger partial charge on any atom is 0.472 e. The molecule has 4 rings (SSSR count). The Morgan fingerprint density at radius 1 is 1.57 bits per heavy atom. The highest BCUT2D eigenvalue weighted by molar-refractivity contribution is 7.71. The van der Waals surface area contributed by atoms with E-state index < -0.39 is 32.4 Å². The fraction of sp³-hybridized carbons (Fsp3) is 0.500. The largest absolute Gasteiger partial charge is 0.472 e. The summed E-state index contributed by atoms with van der Waals surface area (Å²) < 4.78 is 28.4. The highest BCUT2D eigenvalue weighted by Gasteiger charge is 2.53. The number of phosphoric acid groups is 1. The van der Waals surface area contributed by atoms with Gasteiger partial charge in [0, 0.05) is 0 Å². The van der Waals surface area contributed by atoms with Gasteiger partial charge in [-0.25, -0.2) is 14.5 Å². The number of aliphatic hydroxyl groups is 1. The number of nitrogens with two attached hydrogens (primary N) is 1. The van der Waals surface area contributed by atoms with Crippen LogP contribution in [-0.2, 0) is 18.3 Å². The normalized spacial score (nSPS) is 37.1. The van der Waals surface area contributed by atoms with Crippen molar-refractivity contribution in [1.82, 2.24) is 19.5 Å². The van der Waals surface area contributed by atoms with Gasteiger partial charge in [-0.1, -0.05) is 12.2 Å². The van der Waals surface area contributed by atoms with E-state index in [1.807, 2.05) is 0 Å². The van der Waals surface area contributed by atoms with Crippen molar-refractivity contribution in [3.05, 3.63) is 11.0 Å². The van der Waals surface area contributed by atoms with E-state index >= 15 is 0 Å². The van der Waals surface area contributed by atoms with Crippen LogP contribution < -0.4 is 5.73 Å². The molecule has 23 heavy (non-hydrogen) atoms. The molecule has 2 aliphatic heterocycles. The fourth-order valence-corrected chi connectivity index (χ4v) is 3.92. The minimum absolute atomic E-state index is 0.0474. The number of imidazole rings is 1. The Hall–Kier alpha value is -1.40. The number of hydrogen-bond acceptors (Lipinski definition) is 9. The quantitative estimate of drug-likeness (QED) is 0.397. The van der Waals surface area contributed by atoms with Crippen molar-refractivity contribution in [2.45, 2.75) is 24.5 Å². The Morgan fingerprint density at radius 3 is 3.13 bits per heavy atom. The van der Waals surface area contributed by atoms with Crippen molar-refractivity contribution >= 4 is 37.2 Å². The third-order valence-electron chi connectivity index (χ3n) is 3.74. The number of phosphoric ester groups is 1. The molecule has 0 radical (unpaired) electrons. The lowest BCUT2D eigenvalue weighted by Gasteiger charge is -2.27. The van der Waals surface area contributed by atoms with E-state index in [-0.39, 0.29) is 17.2 Å². The van der Waals surface area contributed by atoms with E-state index in [1.54, 1.807) is 0 Å². The Bertz CT molecular complexity index is 884. The maximum atomic E-state index is 11.5. The van der Waals surface area contributed by atoms with E-state index in [1.165, 1.54) is 10.9 Å². The van der Waals surface area contributed by atoms with E-state index in [0.29, 0.717) is 11.2 Å². The van der Waals surface area contributed by atoms with Crippen LogP contribution in [0.4, 0.5) is 5.95 Å². The molecule has 13 heteroatoms. The number of H-pyrrole nitrogens is 1. The standard InChI is InChI=1S/C10H12N5O6PS/c11-10-14-4-7(12-2-13-8(4)23)15(10)9-5(16)6-3(20-9)1-19-22(17,18)21-6/h2-3,5-6,9,16H,1H2,(H2,11,14)(H,17,18)(H,12,13,23)/t3-,5-,6-,9-/m1/s1. The number of ether oxygens (including phenoxy) is 1. The summed E-state index contributed by atoms with van der Waals surface area (Å²) in [6.07, 6.45) is -2.60. The average Bonchev–Trinajstić information content (AvgIpc) is 2.97. The molecule has 5 atom stereocenters. The molecule has 0 aromatic carbocycles. The maximum absolute atomic E-state index is 11.5. The van der Waals surface area contributed by atoms with Crippen molar-refractivity contribution in [2.75, 3.05) is 12.3 Å². The third-order valence-corrected chi connectivity index (χ3v) is 5.03. The van der Waals surface area contributed by atoms with Crippen LogP contribution in [0.5, 0.6) is 0 Å². The molecule has 0 spiro atoms. The van der Waals surface area contributed by atoms with Gasteiger partial charge in [-0.3, -0.25) is 13.6 Å². The molecule has 11 nitrogen and oxygen atoms in total. The number of fused-ring (bicyclic) bond motifs is 2. The smallest absolute Gasteiger partial charge is 0.386 e. The average molecular weight is 361 g/mol. The fourth-order valence-electron chi connectivity index (χ4n) is 2.76. The van der Waals surface area contributed by atoms with Crippen molar-refractivity contribution in [1.29, 1.82) is 0 Å². The molecule has 4 heterocycles. The zero-order valence-corrected chi connectivity index (χ0v) is 13.1. The summed E-state index contributed by atoms with van der Waals surface area (Å²) in [5.41, 5.74) is 6.67. The van der Waals surface area contributed by atoms with Crippen LogP contribution in [0.3, 0.4) is 0 Å². The lowest BCUT2D eigenvalue weighted by Crippen LogP contribution is -2.39. The molecule has 1 unspecified atom stereocenters. The number of aromatic amines is 1. The van der Waals surface area contributed by atoms with Gasteiger partial charge in [0.05, 0.1) is 12.9 Å². The monoisotopic (exact) mass is 361 g/mol. The van der Waals surface area contributed by atoms with Crippen LogP contribution in [0.2, 0.25) is 0 Å². The Balaban J connectivity index is 1.78. The number of nitrogens with zero attached hydrogens (tertiary/aromatic N) is 3. The zero-order chi connectivity index (χ0) is 16.4. The summed E-state index contributed by atoms with van der Waals surface area (Å²) in [6, 6.07) is 0. The van der Waals surface area contributed by atoms with Crippen LogP contribution in [0.1, 0.15) is 6.23 Å². The Morgan fingerprint density at radius 2 is 2.35 bits per heavy atom. The molecular weight excluding hydrogens is 349 g/mol. The molecule has 2 saturated heterocycles. The van der Waals surface area contributed by atoms with Crippen molar-refractivity contribution in [3.8, 4) is 0 Å². The molecule has 5 N–H and O–H groups in total. The summed E-state index contributed by atoms with van der Waals surface area (Å²) >= 11 is 5.08. The topological polar surface area (TPSA) is 158 Å². The summed E-state index contributed by atoms with van der Waals surface area (Å²) in [5.74, 6) is 0.0474. The molecule has 2 aromatic heterocycles. The first-order valence-corrected chi connectivity index (χ1v) is 8.48. The van der Waals surface area contributed by atoms with E-state index in [4.69, 9.17) is 31.7 Å². The number of hydrogen-bond donors (Lipinski definition) is 4. The molecule has 0 amide bonds. The molecule has 0 bridgehead atoms. The number of nitrogen functional groups attached to an aromatic ring is 1. The summed E-state index contributed by atoms with van der Waals surface area (Å²) in [5, 5.41) is 10.4. The van der Waals surface area contributed by atoms with Gasteiger partial charge in [0.2, 0.25) is 5.95 Å². The van der Waals surface area contributed by atoms with Crippen LogP contribution in [0, 0.1) is 4.64 Å². The second-order valence-electron chi connectivity index (χ2n) is 5.13. The van der Waals surface area contributed by atoms with Gasteiger partial charge in [-0.2, -0.15) is 0 Å². The molecular formula is C10H12N5O6PS. The number of aromatic nitrogens is 4. The number of anilines is 1. The van der Waals surface area contributed by atoms with Gasteiger partial charge >= 0.3 is 7.82 Å². The predicted octanol–water partition coefficient (Wildman–Crippen LogP) is -0.155. The highest BCUT2D eigenvalue weighted by atomic mass is 32.1. The van der Waals surface area contributed by atoms with Crippen LogP contribution >= 0.6 is 20.0 Å². The number of aliphatic hydroxyl groups excluding tert-OH is 1. The lowest BCUT2D eigenvalue weighted by molar-refractivity contribution is -0.0659. The Kier molecular flexibility index (Phi) is 3.32. The molecule has 2 aliphatic rings. The molecule has 0 saturated carbocycles. The summed E-state index contributed by atoms with van der Waals surface area (Å²) in [4.78, 5) is 20.3. The Labute approximate surface area is 133 Å². The van der Waals surface area contributed by atoms with Gasteiger partial charge in [-0.15, -0.1) is 0 Å². The van der Waals surface area contributed by atoms with Gasteiger partial charge in [0.1, 0.15) is 29.5 Å². The van der Waals surface area contributed by atoms with Gasteiger partial charge in [0.15, 0.2) is 10.9 Å². The van der Waals surface area contributed by atoms with Crippen molar-refractivity contribution in [2.24, 2.45) is 0 Å². The first kappa shape index (κ1) is 15.1. The molecule has 2 aromatic rings. The van der Waals surface area contributed by atoms with Crippen LogP contribution in [-0.4, -0.2) is 54.4 Å². The number of nitrogens with one attached hydrogen (secondary N) is 1. The van der Waals surface area contributed by atoms with Crippen molar-refractivity contribution < 1.29 is 28.3 Å². The first-order valence-electron chi connectivity index (χ1n) is 6.58. The third kappa shape index (κ3) is 2.31. The van der Waals surface area contributed by atoms with Gasteiger partial charge in [0.25, 0.3) is 0 Å². The molecule has 124 valence electrons. The molecule has 2 fully saturated rings. The minimum Gasteiger partial charge on any atom is -0.386 e. The second kappa shape index (κ2) is 5.05. The zero-order valence-electron chi connectivity index (χ0n) is 11.4. The van der Waals surface area contributed by atoms with Crippen molar-refractivity contribution in [3.63, 3.8) is 0 Å². The first-order chi connectivity index (χ1) is 10.9. The SMILES string of the molecule is Nc1nc2c(=S)nc[nH]c2n1[C@@H]1O[C@@H]2COP(=O)(O)O[C@H]2[C@H]1O. The van der Waals surface area contributed by atoms with Gasteiger partial charge in [-0.05, 0) is 0 Å². The lowest BCUT2D eigenvalue weighted by atomic mass is 10.1. The highest BCUT2D eigenvalue weighted by Crippen LogP contribution is 2.52. The van der Waals surface area contributed by atoms with Gasteiger partial charge < -0.3 is 25.5 Å². The molecule has 0 aliphatic carbocycles. The van der Waals surface area contributed by atoms with E-state index in [0.717, 1.165) is 0 Å². The van der Waals surface area contributed by atoms with Crippen LogP contribution in [0.25, 0.3) is 11.2 Å². The van der Waals surface area contributed by atoms with E-state index in [9.17, 15) is 14.6 Å². The van der Waals surface area contributed by atoms with E-state index in [2.05, 4.69) is 15.0 Å². The minimum atomic E-state index is -4.20. The predicted molar refractivity (Wildman–Crippen MR) is 77.7 cm³/mol.